The lowest BCUT2D eigenvalue weighted by atomic mass is 9.77. The SMILES string of the molecule is CCc1nc(C)ccc1OC1(CC(=O)O)CCC1. The van der Waals surface area contributed by atoms with Crippen LogP contribution in [-0.4, -0.2) is 21.7 Å². The molecular formula is C14H19NO3. The van der Waals surface area contributed by atoms with Crippen LogP contribution in [0.1, 0.15) is 44.0 Å². The molecule has 0 unspecified atom stereocenters. The van der Waals surface area contributed by atoms with Crippen molar-refractivity contribution < 1.29 is 14.6 Å². The lowest BCUT2D eigenvalue weighted by Crippen LogP contribution is -2.45. The second-order valence-electron chi connectivity index (χ2n) is 4.96. The van der Waals surface area contributed by atoms with Gasteiger partial charge in [-0.3, -0.25) is 9.78 Å². The molecule has 1 aromatic heterocycles. The van der Waals surface area contributed by atoms with Gasteiger partial charge in [0.15, 0.2) is 0 Å². The van der Waals surface area contributed by atoms with Crippen LogP contribution in [0.5, 0.6) is 5.75 Å². The number of carboxylic acids is 1. The molecule has 1 N–H and O–H groups in total. The number of carboxylic acid groups (broad SMARTS) is 1. The Kier molecular flexibility index (Phi) is 3.55. The van der Waals surface area contributed by atoms with Crippen LogP contribution in [0, 0.1) is 6.92 Å². The van der Waals surface area contributed by atoms with E-state index in [9.17, 15) is 4.79 Å². The molecule has 0 atom stereocenters. The van der Waals surface area contributed by atoms with E-state index in [0.29, 0.717) is 0 Å². The quantitative estimate of drug-likeness (QED) is 0.871. The highest BCUT2D eigenvalue weighted by molar-refractivity contribution is 5.68. The number of hydrogen-bond donors (Lipinski definition) is 1. The predicted octanol–water partition coefficient (Wildman–Crippen LogP) is 2.73. The molecule has 0 aromatic carbocycles. The maximum Gasteiger partial charge on any atom is 0.307 e. The number of pyridine rings is 1. The number of ether oxygens (including phenoxy) is 1. The summed E-state index contributed by atoms with van der Waals surface area (Å²) < 4.78 is 5.98. The van der Waals surface area contributed by atoms with Crippen LogP contribution in [0.15, 0.2) is 12.1 Å². The molecule has 1 aliphatic carbocycles. The summed E-state index contributed by atoms with van der Waals surface area (Å²) in [6.45, 7) is 3.97. The van der Waals surface area contributed by atoms with E-state index in [1.165, 1.54) is 0 Å². The molecule has 1 saturated carbocycles. The summed E-state index contributed by atoms with van der Waals surface area (Å²) in [7, 11) is 0. The van der Waals surface area contributed by atoms with Crippen molar-refractivity contribution in [3.05, 3.63) is 23.5 Å². The Morgan fingerprint density at radius 2 is 2.22 bits per heavy atom. The highest BCUT2D eigenvalue weighted by atomic mass is 16.5. The highest BCUT2D eigenvalue weighted by Gasteiger charge is 2.41. The molecule has 0 amide bonds. The van der Waals surface area contributed by atoms with E-state index in [2.05, 4.69) is 4.98 Å². The molecule has 0 radical (unpaired) electrons. The predicted molar refractivity (Wildman–Crippen MR) is 67.8 cm³/mol. The first-order chi connectivity index (χ1) is 8.54. The van der Waals surface area contributed by atoms with E-state index in [1.54, 1.807) is 0 Å². The Labute approximate surface area is 107 Å². The molecule has 0 bridgehead atoms. The van der Waals surface area contributed by atoms with Crippen LogP contribution in [-0.2, 0) is 11.2 Å². The molecule has 1 aliphatic rings. The average molecular weight is 249 g/mol. The first-order valence-corrected chi connectivity index (χ1v) is 6.42. The fourth-order valence-electron chi connectivity index (χ4n) is 2.34. The summed E-state index contributed by atoms with van der Waals surface area (Å²) in [5.41, 5.74) is 1.36. The van der Waals surface area contributed by atoms with Gasteiger partial charge in [-0.2, -0.15) is 0 Å². The van der Waals surface area contributed by atoms with Gasteiger partial charge >= 0.3 is 5.97 Å². The van der Waals surface area contributed by atoms with Gasteiger partial charge in [0.25, 0.3) is 0 Å². The second kappa shape index (κ2) is 4.96. The van der Waals surface area contributed by atoms with Gasteiger partial charge in [0.2, 0.25) is 0 Å². The molecule has 0 spiro atoms. The monoisotopic (exact) mass is 249 g/mol. The molecule has 2 rings (SSSR count). The average Bonchev–Trinajstić information content (AvgIpc) is 2.27. The van der Waals surface area contributed by atoms with E-state index in [1.807, 2.05) is 26.0 Å². The minimum Gasteiger partial charge on any atom is -0.485 e. The molecule has 1 aromatic rings. The molecule has 98 valence electrons. The molecule has 1 fully saturated rings. The van der Waals surface area contributed by atoms with E-state index in [-0.39, 0.29) is 6.42 Å². The number of aryl methyl sites for hydroxylation is 2. The maximum atomic E-state index is 10.9. The largest absolute Gasteiger partial charge is 0.485 e. The van der Waals surface area contributed by atoms with E-state index in [0.717, 1.165) is 42.8 Å². The summed E-state index contributed by atoms with van der Waals surface area (Å²) in [5, 5.41) is 8.97. The number of hydrogen-bond acceptors (Lipinski definition) is 3. The number of aromatic nitrogens is 1. The van der Waals surface area contributed by atoms with E-state index < -0.39 is 11.6 Å². The fraction of sp³-hybridized carbons (Fsp3) is 0.571. The zero-order valence-corrected chi connectivity index (χ0v) is 10.9. The molecule has 4 nitrogen and oxygen atoms in total. The van der Waals surface area contributed by atoms with Gasteiger partial charge in [-0.25, -0.2) is 0 Å². The Balaban J connectivity index is 2.19. The van der Waals surface area contributed by atoms with Gasteiger partial charge in [-0.05, 0) is 44.7 Å². The van der Waals surface area contributed by atoms with Crippen LogP contribution in [0.4, 0.5) is 0 Å². The normalized spacial score (nSPS) is 17.0. The van der Waals surface area contributed by atoms with Crippen molar-refractivity contribution in [3.8, 4) is 5.75 Å². The molecule has 1 heterocycles. The van der Waals surface area contributed by atoms with Crippen molar-refractivity contribution >= 4 is 5.97 Å². The number of carbonyl (C=O) groups is 1. The standard InChI is InChI=1S/C14H19NO3/c1-3-11-12(6-5-10(2)15-11)18-14(7-4-8-14)9-13(16)17/h5-6H,3-4,7-9H2,1-2H3,(H,16,17). The summed E-state index contributed by atoms with van der Waals surface area (Å²) >= 11 is 0. The zero-order valence-electron chi connectivity index (χ0n) is 10.9. The Morgan fingerprint density at radius 1 is 1.50 bits per heavy atom. The summed E-state index contributed by atoms with van der Waals surface area (Å²) in [5.74, 6) is -0.0585. The van der Waals surface area contributed by atoms with Crippen LogP contribution in [0.3, 0.4) is 0 Å². The molecule has 0 aliphatic heterocycles. The van der Waals surface area contributed by atoms with Gasteiger partial charge < -0.3 is 9.84 Å². The summed E-state index contributed by atoms with van der Waals surface area (Å²) in [6, 6.07) is 3.81. The second-order valence-corrected chi connectivity index (χ2v) is 4.96. The van der Waals surface area contributed by atoms with Crippen molar-refractivity contribution in [2.45, 2.75) is 51.6 Å². The van der Waals surface area contributed by atoms with Gasteiger partial charge in [0.1, 0.15) is 11.4 Å². The number of aliphatic carboxylic acids is 1. The van der Waals surface area contributed by atoms with Gasteiger partial charge in [-0.15, -0.1) is 0 Å². The van der Waals surface area contributed by atoms with Crippen molar-refractivity contribution in [2.75, 3.05) is 0 Å². The number of nitrogens with zero attached hydrogens (tertiary/aromatic N) is 1. The molecule has 18 heavy (non-hydrogen) atoms. The lowest BCUT2D eigenvalue weighted by molar-refractivity contribution is -0.144. The third-order valence-corrected chi connectivity index (χ3v) is 3.47. The maximum absolute atomic E-state index is 10.9. The zero-order chi connectivity index (χ0) is 13.2. The van der Waals surface area contributed by atoms with Crippen molar-refractivity contribution in [2.24, 2.45) is 0 Å². The Bertz CT molecular complexity index is 452. The topological polar surface area (TPSA) is 59.4 Å². The third kappa shape index (κ3) is 2.63. The minimum atomic E-state index is -0.798. The smallest absolute Gasteiger partial charge is 0.307 e. The lowest BCUT2D eigenvalue weighted by Gasteiger charge is -2.41. The Hall–Kier alpha value is -1.58. The summed E-state index contributed by atoms with van der Waals surface area (Å²) in [4.78, 5) is 15.4. The van der Waals surface area contributed by atoms with Crippen LogP contribution in [0.2, 0.25) is 0 Å². The van der Waals surface area contributed by atoms with Crippen LogP contribution >= 0.6 is 0 Å². The first-order valence-electron chi connectivity index (χ1n) is 6.42. The first kappa shape index (κ1) is 12.9. The van der Waals surface area contributed by atoms with Gasteiger partial charge in [0, 0.05) is 5.69 Å². The highest BCUT2D eigenvalue weighted by Crippen LogP contribution is 2.40. The molecule has 0 saturated heterocycles. The minimum absolute atomic E-state index is 0.0734. The molecule has 4 heteroatoms. The molecular weight excluding hydrogens is 230 g/mol. The van der Waals surface area contributed by atoms with Crippen LogP contribution < -0.4 is 4.74 Å². The summed E-state index contributed by atoms with van der Waals surface area (Å²) in [6.07, 6.45) is 3.53. The van der Waals surface area contributed by atoms with Gasteiger partial charge in [-0.1, -0.05) is 6.92 Å². The number of rotatable bonds is 5. The third-order valence-electron chi connectivity index (χ3n) is 3.47. The van der Waals surface area contributed by atoms with Gasteiger partial charge in [0.05, 0.1) is 12.1 Å². The van der Waals surface area contributed by atoms with E-state index in [4.69, 9.17) is 9.84 Å². The Morgan fingerprint density at radius 3 is 2.72 bits per heavy atom. The van der Waals surface area contributed by atoms with Crippen LogP contribution in [0.25, 0.3) is 0 Å². The van der Waals surface area contributed by atoms with E-state index >= 15 is 0 Å². The van der Waals surface area contributed by atoms with Crippen molar-refractivity contribution in [1.29, 1.82) is 0 Å². The van der Waals surface area contributed by atoms with Crippen molar-refractivity contribution in [3.63, 3.8) is 0 Å². The van der Waals surface area contributed by atoms with Crippen molar-refractivity contribution in [1.82, 2.24) is 4.98 Å². The fourth-order valence-corrected chi connectivity index (χ4v) is 2.34.